The number of rotatable bonds is 9. The van der Waals surface area contributed by atoms with Crippen LogP contribution in [0.2, 0.25) is 105 Å². The Morgan fingerprint density at radius 3 is 0.652 bits per heavy atom. The summed E-state index contributed by atoms with van der Waals surface area (Å²) in [7, 11) is -18.3. The third-order valence-corrected chi connectivity index (χ3v) is 255. The first-order valence-electron chi connectivity index (χ1n) is 18.1. The van der Waals surface area contributed by atoms with Gasteiger partial charge in [-0.05, 0) is 0 Å². The van der Waals surface area contributed by atoms with E-state index in [1.807, 2.05) is 0 Å². The zero-order valence-electron chi connectivity index (χ0n) is 32.8. The van der Waals surface area contributed by atoms with Gasteiger partial charge in [0.25, 0.3) is 0 Å². The van der Waals surface area contributed by atoms with E-state index in [2.05, 4.69) is 115 Å². The monoisotopic (exact) mass is 812 g/mol. The predicted molar refractivity (Wildman–Crippen MR) is 220 cm³/mol. The molecule has 0 amide bonds. The Bertz CT molecular complexity index is 924. The van der Waals surface area contributed by atoms with Crippen LogP contribution in [0.25, 0.3) is 0 Å². The smallest absolute Gasteiger partial charge is 0.376 e. The molecule has 0 aromatic heterocycles. The van der Waals surface area contributed by atoms with Crippen LogP contribution in [0, 0.1) is 0 Å². The van der Waals surface area contributed by atoms with E-state index in [1.54, 1.807) is 0 Å². The lowest BCUT2D eigenvalue weighted by molar-refractivity contribution is 0.00523. The minimum atomic E-state index is -3.05. The first-order valence-corrected chi connectivity index (χ1v) is 54.6. The summed E-state index contributed by atoms with van der Waals surface area (Å²) in [6, 6.07) is 0. The number of nitrogens with zero attached hydrogens (tertiary/aromatic N) is 2. The van der Waals surface area contributed by atoms with Crippen molar-refractivity contribution in [2.75, 3.05) is 78.9 Å². The molecule has 0 aromatic carbocycles. The molecule has 6 aliphatic rings. The molecule has 6 fully saturated rings. The fraction of sp³-hybridized carbons (Fsp3) is 1.00. The van der Waals surface area contributed by atoms with Gasteiger partial charge in [-0.1, -0.05) is 105 Å². The van der Waals surface area contributed by atoms with Gasteiger partial charge >= 0.3 is 16.6 Å². The van der Waals surface area contributed by atoms with Gasteiger partial charge in [-0.2, -0.15) is 0 Å². The summed E-state index contributed by atoms with van der Waals surface area (Å²) in [5.41, 5.74) is 0. The van der Waals surface area contributed by atoms with E-state index in [0.29, 0.717) is 0 Å². The van der Waals surface area contributed by atoms with Crippen LogP contribution < -0.4 is 0 Å². The summed E-state index contributed by atoms with van der Waals surface area (Å²) < 4.78 is 44.9. The molecular formula is C28H72N2O6Si10. The Morgan fingerprint density at radius 1 is 0.326 bits per heavy atom. The van der Waals surface area contributed by atoms with Crippen LogP contribution in [0.1, 0.15) is 0 Å². The van der Waals surface area contributed by atoms with Crippen LogP contribution in [0.3, 0.4) is 0 Å². The molecule has 18 heteroatoms. The molecule has 0 aromatic rings. The Kier molecular flexibility index (Phi) is 11.8. The van der Waals surface area contributed by atoms with Crippen molar-refractivity contribution >= 4 is 73.5 Å². The van der Waals surface area contributed by atoms with Gasteiger partial charge in [-0.15, -0.1) is 0 Å². The molecule has 0 radical (unpaired) electrons. The lowest BCUT2D eigenvalue weighted by atomic mass is 10.4. The van der Waals surface area contributed by atoms with Gasteiger partial charge in [0.1, 0.15) is 12.3 Å². The van der Waals surface area contributed by atoms with E-state index < -0.39 is 73.5 Å². The SMILES string of the molecule is C[Si](C)(C)[Si]([Si](C)(C)C)([Si]12OCCN(CCO1)CCO2)[Si](C)(C)[Si](C)(C)[Si]([Si](C)(C)C)([Si](C)(C)C)[Si]12OCCN(CCO1)CCO2. The quantitative estimate of drug-likeness (QED) is 0.302. The molecule has 6 saturated heterocycles. The Balaban J connectivity index is 2.15. The maximum Gasteiger partial charge on any atom is 0.462 e. The van der Waals surface area contributed by atoms with Crippen molar-refractivity contribution in [1.29, 1.82) is 0 Å². The topological polar surface area (TPSA) is 61.9 Å². The average Bonchev–Trinajstić information content (AvgIpc) is 2.76. The standard InChI is InChI=1S/C28H72N2O6Si10/c1-37(2,3)45(38(4,5)6,43-31-23-17-29(18-24-32-43)19-25-33-43)41(13,14)42(15,16)46(39(7,8)9,40(10,11)12)44-34-26-20-30(21-27-35-44)22-28-36-44/h17-28H2,1-16H3. The highest BCUT2D eigenvalue weighted by Gasteiger charge is 2.89. The summed E-state index contributed by atoms with van der Waals surface area (Å²) in [4.78, 5) is 4.97. The summed E-state index contributed by atoms with van der Waals surface area (Å²) in [5, 5.41) is 0. The largest absolute Gasteiger partial charge is 0.462 e. The van der Waals surface area contributed by atoms with Gasteiger partial charge in [-0.25, -0.2) is 0 Å². The maximum atomic E-state index is 7.48. The van der Waals surface area contributed by atoms with Crippen LogP contribution in [-0.2, 0) is 26.6 Å². The molecule has 270 valence electrons. The van der Waals surface area contributed by atoms with Crippen LogP contribution >= 0.6 is 0 Å². The zero-order valence-corrected chi connectivity index (χ0v) is 42.8. The summed E-state index contributed by atoms with van der Waals surface area (Å²) in [6.45, 7) is 55.2. The van der Waals surface area contributed by atoms with Crippen LogP contribution in [0.15, 0.2) is 0 Å². The number of hydrogen-bond donors (Lipinski definition) is 0. The summed E-state index contributed by atoms with van der Waals surface area (Å²) >= 11 is 0. The molecule has 6 rings (SSSR count). The second-order valence-corrected chi connectivity index (χ2v) is 127. The van der Waals surface area contributed by atoms with Gasteiger partial charge in [0.15, 0.2) is 0 Å². The van der Waals surface area contributed by atoms with E-state index in [-0.39, 0.29) is 0 Å². The molecule has 4 bridgehead atoms. The van der Waals surface area contributed by atoms with E-state index in [4.69, 9.17) is 26.6 Å². The van der Waals surface area contributed by atoms with E-state index in [0.717, 1.165) is 78.9 Å². The van der Waals surface area contributed by atoms with Crippen molar-refractivity contribution < 1.29 is 26.6 Å². The highest BCUT2D eigenvalue weighted by molar-refractivity contribution is 8.22. The molecule has 0 aliphatic carbocycles. The molecule has 46 heavy (non-hydrogen) atoms. The van der Waals surface area contributed by atoms with Crippen molar-refractivity contribution in [1.82, 2.24) is 9.80 Å². The maximum absolute atomic E-state index is 7.48. The molecular weight excluding hydrogens is 741 g/mol. The minimum absolute atomic E-state index is 0.761. The second kappa shape index (κ2) is 13.4. The Morgan fingerprint density at radius 2 is 0.500 bits per heavy atom. The van der Waals surface area contributed by atoms with Gasteiger partial charge in [0.2, 0.25) is 0 Å². The number of hydrogen-bond acceptors (Lipinski definition) is 8. The Labute approximate surface area is 291 Å². The fourth-order valence-electron chi connectivity index (χ4n) is 13.0. The highest BCUT2D eigenvalue weighted by Crippen LogP contribution is 2.55. The van der Waals surface area contributed by atoms with Crippen molar-refractivity contribution in [2.45, 2.75) is 105 Å². The van der Waals surface area contributed by atoms with Crippen LogP contribution in [0.4, 0.5) is 0 Å². The summed E-state index contributed by atoms with van der Waals surface area (Å²) in [6.07, 6.45) is -4.81. The first-order chi connectivity index (χ1) is 20.8. The van der Waals surface area contributed by atoms with Gasteiger partial charge in [0.05, 0.1) is 39.6 Å². The molecule has 8 nitrogen and oxygen atoms in total. The second-order valence-electron chi connectivity index (χ2n) is 19.6. The van der Waals surface area contributed by atoms with Crippen molar-refractivity contribution in [2.24, 2.45) is 0 Å². The summed E-state index contributed by atoms with van der Waals surface area (Å²) in [5.74, 6) is 0. The Hall–Kier alpha value is 1.85. The molecule has 0 unspecified atom stereocenters. The fourth-order valence-corrected chi connectivity index (χ4v) is 412. The van der Waals surface area contributed by atoms with Gasteiger partial charge in [0, 0.05) is 83.9 Å². The van der Waals surface area contributed by atoms with Crippen molar-refractivity contribution in [3.63, 3.8) is 0 Å². The number of fused-ring (bicyclic) bond motifs is 12. The predicted octanol–water partition coefficient (Wildman–Crippen LogP) is 5.00. The molecule has 0 N–H and O–H groups in total. The molecule has 6 heterocycles. The molecule has 0 atom stereocenters. The van der Waals surface area contributed by atoms with Crippen LogP contribution in [-0.4, -0.2) is 162 Å². The first kappa shape index (κ1) is 40.6. The van der Waals surface area contributed by atoms with Gasteiger partial charge < -0.3 is 26.6 Å². The lowest BCUT2D eigenvalue weighted by Gasteiger charge is -2.72. The van der Waals surface area contributed by atoms with E-state index >= 15 is 0 Å². The molecule has 6 aliphatic heterocycles. The minimum Gasteiger partial charge on any atom is -0.376 e. The normalized spacial score (nSPS) is 31.8. The molecule has 0 spiro atoms. The van der Waals surface area contributed by atoms with Gasteiger partial charge in [-0.3, -0.25) is 9.80 Å². The lowest BCUT2D eigenvalue weighted by Crippen LogP contribution is -3.07. The highest BCUT2D eigenvalue weighted by atomic mass is 30.4. The third kappa shape index (κ3) is 5.92. The van der Waals surface area contributed by atoms with E-state index in [9.17, 15) is 0 Å². The van der Waals surface area contributed by atoms with Crippen LogP contribution in [0.5, 0.6) is 0 Å². The average molecular weight is 814 g/mol. The van der Waals surface area contributed by atoms with Crippen molar-refractivity contribution in [3.8, 4) is 0 Å². The third-order valence-electron chi connectivity index (χ3n) is 13.1. The van der Waals surface area contributed by atoms with E-state index in [1.165, 1.54) is 0 Å². The zero-order chi connectivity index (χ0) is 34.9. The molecule has 0 saturated carbocycles. The van der Waals surface area contributed by atoms with Crippen molar-refractivity contribution in [3.05, 3.63) is 0 Å².